The molecule has 8 rings (SSSR count). The first kappa shape index (κ1) is 22.2. The number of fused-ring (bicyclic) bond motifs is 4. The zero-order valence-corrected chi connectivity index (χ0v) is 21.4. The Kier molecular flexibility index (Phi) is 4.73. The maximum atomic E-state index is 14.1. The van der Waals surface area contributed by atoms with E-state index in [2.05, 4.69) is 13.8 Å². The van der Waals surface area contributed by atoms with Gasteiger partial charge in [-0.2, -0.15) is 0 Å². The predicted molar refractivity (Wildman–Crippen MR) is 129 cm³/mol. The minimum atomic E-state index is -0.443. The second kappa shape index (κ2) is 7.25. The molecule has 0 N–H and O–H groups in total. The lowest BCUT2D eigenvalue weighted by molar-refractivity contribution is -0.214. The van der Waals surface area contributed by atoms with E-state index < -0.39 is 10.8 Å². The van der Waals surface area contributed by atoms with Gasteiger partial charge in [0.1, 0.15) is 11.2 Å². The molecule has 0 aliphatic heterocycles. The summed E-state index contributed by atoms with van der Waals surface area (Å²) in [6, 6.07) is 0. The molecule has 8 aliphatic rings. The summed E-state index contributed by atoms with van der Waals surface area (Å²) in [4.78, 5) is 28.1. The number of carbonyl (C=O) groups excluding carboxylic acids is 2. The Balaban J connectivity index is 1.14. The highest BCUT2D eigenvalue weighted by Crippen LogP contribution is 2.67. The molecular weight excluding hydrogens is 424 g/mol. The number of hydrogen-bond acceptors (Lipinski definition) is 4. The topological polar surface area (TPSA) is 52.6 Å². The van der Waals surface area contributed by atoms with Crippen LogP contribution in [-0.2, 0) is 19.1 Å². The minimum Gasteiger partial charge on any atom is -0.458 e. The molecule has 8 saturated carbocycles. The zero-order chi connectivity index (χ0) is 23.3. The third-order valence-electron chi connectivity index (χ3n) is 12.6. The van der Waals surface area contributed by atoms with E-state index >= 15 is 0 Å². The molecule has 188 valence electrons. The Morgan fingerprint density at radius 3 is 1.38 bits per heavy atom. The van der Waals surface area contributed by atoms with Gasteiger partial charge in [0, 0.05) is 0 Å². The van der Waals surface area contributed by atoms with Crippen molar-refractivity contribution in [3.05, 3.63) is 0 Å². The smallest absolute Gasteiger partial charge is 0.312 e. The van der Waals surface area contributed by atoms with Crippen LogP contribution in [0.4, 0.5) is 0 Å². The Morgan fingerprint density at radius 1 is 0.618 bits per heavy atom. The van der Waals surface area contributed by atoms with E-state index in [-0.39, 0.29) is 23.1 Å². The van der Waals surface area contributed by atoms with Crippen LogP contribution in [0.2, 0.25) is 0 Å². The van der Waals surface area contributed by atoms with Gasteiger partial charge in [0.15, 0.2) is 0 Å². The molecule has 2 unspecified atom stereocenters. The third-order valence-corrected chi connectivity index (χ3v) is 12.6. The SMILES string of the molecule is CC[C@@]1(OC(=O)C23CC4CC(C2)CC(C(=O)O[C@@]2(CC)C[C@H]5CC[C@@H]2C5)(C4)C3)C[C@@H]2CC[C@H]1C2. The summed E-state index contributed by atoms with van der Waals surface area (Å²) < 4.78 is 13.2. The average Bonchev–Trinajstić information content (AvgIpc) is 3.59. The summed E-state index contributed by atoms with van der Waals surface area (Å²) in [6.45, 7) is 4.43. The average molecular weight is 469 g/mol. The first-order valence-corrected chi connectivity index (χ1v) is 14.8. The van der Waals surface area contributed by atoms with E-state index in [1.807, 2.05) is 0 Å². The molecule has 0 spiro atoms. The van der Waals surface area contributed by atoms with Gasteiger partial charge in [-0.1, -0.05) is 13.8 Å². The molecule has 0 aromatic heterocycles. The van der Waals surface area contributed by atoms with Crippen LogP contribution in [0.15, 0.2) is 0 Å². The quantitative estimate of drug-likeness (QED) is 0.412. The normalized spacial score (nSPS) is 54.1. The highest BCUT2D eigenvalue weighted by Gasteiger charge is 2.66. The maximum absolute atomic E-state index is 14.1. The van der Waals surface area contributed by atoms with E-state index in [4.69, 9.17) is 9.47 Å². The second-order valence-electron chi connectivity index (χ2n) is 14.3. The number of ether oxygens (including phenoxy) is 2. The van der Waals surface area contributed by atoms with Crippen LogP contribution in [0, 0.1) is 46.3 Å². The first-order chi connectivity index (χ1) is 16.3. The van der Waals surface area contributed by atoms with Crippen molar-refractivity contribution in [3.8, 4) is 0 Å². The minimum absolute atomic E-state index is 0.0540. The molecule has 4 nitrogen and oxygen atoms in total. The van der Waals surface area contributed by atoms with Crippen LogP contribution in [0.25, 0.3) is 0 Å². The highest BCUT2D eigenvalue weighted by molar-refractivity contribution is 5.83. The van der Waals surface area contributed by atoms with Crippen LogP contribution in [-0.4, -0.2) is 23.1 Å². The molecule has 0 radical (unpaired) electrons. The molecule has 0 heterocycles. The van der Waals surface area contributed by atoms with Gasteiger partial charge >= 0.3 is 11.9 Å². The van der Waals surface area contributed by atoms with Gasteiger partial charge < -0.3 is 9.47 Å². The van der Waals surface area contributed by atoms with Gasteiger partial charge in [-0.15, -0.1) is 0 Å². The summed E-state index contributed by atoms with van der Waals surface area (Å²) in [5, 5.41) is 0. The predicted octanol–water partition coefficient (Wildman–Crippen LogP) is 6.60. The lowest BCUT2D eigenvalue weighted by atomic mass is 9.44. The molecule has 8 fully saturated rings. The zero-order valence-electron chi connectivity index (χ0n) is 21.4. The summed E-state index contributed by atoms with van der Waals surface area (Å²) >= 11 is 0. The van der Waals surface area contributed by atoms with Crippen LogP contribution in [0.5, 0.6) is 0 Å². The fraction of sp³-hybridized carbons (Fsp3) is 0.933. The van der Waals surface area contributed by atoms with Crippen molar-refractivity contribution in [2.45, 2.75) is 128 Å². The Bertz CT molecular complexity index is 812. The fourth-order valence-electron chi connectivity index (χ4n) is 11.4. The van der Waals surface area contributed by atoms with E-state index in [9.17, 15) is 9.59 Å². The number of carbonyl (C=O) groups is 2. The van der Waals surface area contributed by atoms with Crippen molar-refractivity contribution in [1.29, 1.82) is 0 Å². The van der Waals surface area contributed by atoms with Gasteiger partial charge in [-0.3, -0.25) is 9.59 Å². The van der Waals surface area contributed by atoms with E-state index in [0.717, 1.165) is 63.2 Å². The Hall–Kier alpha value is -1.06. The number of hydrogen-bond donors (Lipinski definition) is 0. The molecular formula is C30H44O4. The molecule has 0 aromatic carbocycles. The lowest BCUT2D eigenvalue weighted by Gasteiger charge is -2.60. The van der Waals surface area contributed by atoms with E-state index in [1.54, 1.807) is 0 Å². The molecule has 34 heavy (non-hydrogen) atoms. The van der Waals surface area contributed by atoms with Crippen molar-refractivity contribution >= 4 is 11.9 Å². The van der Waals surface area contributed by atoms with E-state index in [0.29, 0.717) is 30.1 Å². The molecule has 0 aromatic rings. The molecule has 8 atom stereocenters. The van der Waals surface area contributed by atoms with Crippen molar-refractivity contribution in [2.75, 3.05) is 0 Å². The molecule has 0 saturated heterocycles. The van der Waals surface area contributed by atoms with Gasteiger partial charge in [0.25, 0.3) is 0 Å². The van der Waals surface area contributed by atoms with E-state index in [1.165, 1.54) is 44.9 Å². The van der Waals surface area contributed by atoms with Gasteiger partial charge in [-0.05, 0) is 138 Å². The summed E-state index contributed by atoms with van der Waals surface area (Å²) in [7, 11) is 0. The monoisotopic (exact) mass is 468 g/mol. The summed E-state index contributed by atoms with van der Waals surface area (Å²) in [5.74, 6) is 3.69. The Morgan fingerprint density at radius 2 is 1.06 bits per heavy atom. The summed E-state index contributed by atoms with van der Waals surface area (Å²) in [6.07, 6.45) is 17.2. The number of rotatable bonds is 6. The van der Waals surface area contributed by atoms with Crippen LogP contribution >= 0.6 is 0 Å². The third kappa shape index (κ3) is 2.95. The Labute approximate surface area is 205 Å². The largest absolute Gasteiger partial charge is 0.458 e. The van der Waals surface area contributed by atoms with Crippen molar-refractivity contribution in [1.82, 2.24) is 0 Å². The standard InChI is InChI=1S/C30H44O4/c1-3-29(16-19-5-7-23(29)10-19)33-25(31)27-12-21-9-22(13-27)15-28(14-21,18-27)26(32)34-30(4-2)17-20-6-8-24(30)11-20/h19-24H,3-18H2,1-2H3/t19-,20+,21?,22?,23+,24-,27?,28?,29-,30+. The van der Waals surface area contributed by atoms with Crippen LogP contribution in [0.1, 0.15) is 117 Å². The maximum Gasteiger partial charge on any atom is 0.312 e. The fourth-order valence-corrected chi connectivity index (χ4v) is 11.4. The molecule has 4 heteroatoms. The van der Waals surface area contributed by atoms with Gasteiger partial charge in [0.2, 0.25) is 0 Å². The molecule has 0 amide bonds. The second-order valence-corrected chi connectivity index (χ2v) is 14.3. The number of esters is 2. The highest BCUT2D eigenvalue weighted by atomic mass is 16.6. The van der Waals surface area contributed by atoms with Gasteiger partial charge in [-0.25, -0.2) is 0 Å². The first-order valence-electron chi connectivity index (χ1n) is 14.8. The van der Waals surface area contributed by atoms with Crippen LogP contribution < -0.4 is 0 Å². The molecule has 8 aliphatic carbocycles. The molecule has 8 bridgehead atoms. The van der Waals surface area contributed by atoms with Crippen molar-refractivity contribution in [2.24, 2.45) is 46.3 Å². The van der Waals surface area contributed by atoms with Crippen molar-refractivity contribution in [3.63, 3.8) is 0 Å². The summed E-state index contributed by atoms with van der Waals surface area (Å²) in [5.41, 5.74) is -1.35. The lowest BCUT2D eigenvalue weighted by Crippen LogP contribution is -2.60. The van der Waals surface area contributed by atoms with Crippen LogP contribution in [0.3, 0.4) is 0 Å². The van der Waals surface area contributed by atoms with Crippen molar-refractivity contribution < 1.29 is 19.1 Å². The van der Waals surface area contributed by atoms with Gasteiger partial charge in [0.05, 0.1) is 10.8 Å².